The Bertz CT molecular complexity index is 782. The molecular formula is C36H67NO5. The number of carbonyl (C=O) groups is 2. The predicted octanol–water partition coefficient (Wildman–Crippen LogP) is 9.72. The number of carbonyl (C=O) groups excluding carboxylic acids is 2. The molecule has 0 N–H and O–H groups in total. The van der Waals surface area contributed by atoms with Crippen LogP contribution in [0.15, 0.2) is 0 Å². The van der Waals surface area contributed by atoms with Crippen LogP contribution in [0.25, 0.3) is 0 Å². The number of hydrogen-bond donors (Lipinski definition) is 0. The van der Waals surface area contributed by atoms with E-state index < -0.39 is 0 Å². The third kappa shape index (κ3) is 14.6. The van der Waals surface area contributed by atoms with Gasteiger partial charge in [-0.2, -0.15) is 5.06 Å². The van der Waals surface area contributed by atoms with E-state index in [-0.39, 0.29) is 46.1 Å². The maximum Gasteiger partial charge on any atom is 0.306 e. The Labute approximate surface area is 259 Å². The topological polar surface area (TPSA) is 65.1 Å². The van der Waals surface area contributed by atoms with Crippen molar-refractivity contribution in [3.63, 3.8) is 0 Å². The van der Waals surface area contributed by atoms with Crippen LogP contribution in [0.4, 0.5) is 0 Å². The highest BCUT2D eigenvalue weighted by Crippen LogP contribution is 2.41. The van der Waals surface area contributed by atoms with Crippen LogP contribution in [0, 0.1) is 10.8 Å². The summed E-state index contributed by atoms with van der Waals surface area (Å²) in [5.74, 6) is -0.134. The number of piperidine rings is 1. The summed E-state index contributed by atoms with van der Waals surface area (Å²) >= 11 is 0. The average molecular weight is 594 g/mol. The van der Waals surface area contributed by atoms with Crippen LogP contribution in [-0.4, -0.2) is 46.4 Å². The molecule has 246 valence electrons. The molecule has 0 aromatic rings. The lowest BCUT2D eigenvalue weighted by Crippen LogP contribution is -2.63. The maximum atomic E-state index is 12.7. The van der Waals surface area contributed by atoms with Crippen molar-refractivity contribution >= 4 is 11.9 Å². The molecule has 0 aromatic heterocycles. The second kappa shape index (κ2) is 16.3. The minimum atomic E-state index is -0.184. The van der Waals surface area contributed by atoms with Crippen molar-refractivity contribution in [1.29, 1.82) is 0 Å². The Hall–Kier alpha value is -1.14. The van der Waals surface area contributed by atoms with Crippen LogP contribution in [0.1, 0.15) is 178 Å². The van der Waals surface area contributed by atoms with Gasteiger partial charge in [0.25, 0.3) is 0 Å². The molecule has 1 aliphatic carbocycles. The van der Waals surface area contributed by atoms with Crippen molar-refractivity contribution < 1.29 is 23.9 Å². The lowest BCUT2D eigenvalue weighted by atomic mass is 9.80. The molecule has 6 heteroatoms. The molecule has 0 spiro atoms. The molecular weight excluding hydrogens is 526 g/mol. The minimum Gasteiger partial charge on any atom is -0.462 e. The molecule has 0 unspecified atom stereocenters. The van der Waals surface area contributed by atoms with Crippen molar-refractivity contribution in [2.75, 3.05) is 0 Å². The van der Waals surface area contributed by atoms with E-state index in [1.54, 1.807) is 0 Å². The number of nitrogens with zero attached hydrogens (tertiary/aromatic N) is 1. The zero-order valence-electron chi connectivity index (χ0n) is 29.2. The summed E-state index contributed by atoms with van der Waals surface area (Å²) in [5.41, 5.74) is -0.0969. The van der Waals surface area contributed by atoms with Crippen LogP contribution >= 0.6 is 0 Å². The number of esters is 2. The fourth-order valence-electron chi connectivity index (χ4n) is 7.12. The Kier molecular flexibility index (Phi) is 14.3. The Balaban J connectivity index is 1.61. The first-order valence-electron chi connectivity index (χ1n) is 17.2. The second-order valence-corrected chi connectivity index (χ2v) is 17.1. The third-order valence-corrected chi connectivity index (χ3v) is 8.65. The summed E-state index contributed by atoms with van der Waals surface area (Å²) in [6.45, 7) is 22.1. The van der Waals surface area contributed by atoms with Crippen LogP contribution in [0.2, 0.25) is 0 Å². The van der Waals surface area contributed by atoms with Crippen molar-refractivity contribution in [2.45, 2.75) is 208 Å². The monoisotopic (exact) mass is 594 g/mol. The molecule has 0 bridgehead atoms. The van der Waals surface area contributed by atoms with Gasteiger partial charge in [0, 0.05) is 36.8 Å². The molecule has 1 aliphatic heterocycles. The summed E-state index contributed by atoms with van der Waals surface area (Å²) in [6.07, 6.45) is 16.6. The first-order valence-corrected chi connectivity index (χ1v) is 17.2. The summed E-state index contributed by atoms with van der Waals surface area (Å²) in [7, 11) is 0. The van der Waals surface area contributed by atoms with Gasteiger partial charge in [-0.05, 0) is 77.0 Å². The normalized spacial score (nSPS) is 20.5. The third-order valence-electron chi connectivity index (χ3n) is 8.65. The van der Waals surface area contributed by atoms with E-state index in [9.17, 15) is 9.59 Å². The average Bonchev–Trinajstić information content (AvgIpc) is 2.81. The highest BCUT2D eigenvalue weighted by atomic mass is 16.7. The van der Waals surface area contributed by atoms with Crippen LogP contribution in [-0.2, 0) is 23.9 Å². The number of ether oxygens (including phenoxy) is 2. The molecule has 6 nitrogen and oxygen atoms in total. The number of rotatable bonds is 15. The SMILES string of the molecule is CC(C)(C)CC(CC(C)(C)C)OC(=O)CCCCCCCCC(=O)OC1CC(C)(C)N(OC2CCCCC2)C(C)(C)C1. The molecule has 0 amide bonds. The lowest BCUT2D eigenvalue weighted by Gasteiger charge is -2.54. The summed E-state index contributed by atoms with van der Waals surface area (Å²) in [6, 6.07) is 0. The summed E-state index contributed by atoms with van der Waals surface area (Å²) in [5, 5.41) is 2.22. The Morgan fingerprint density at radius 1 is 0.690 bits per heavy atom. The van der Waals surface area contributed by atoms with E-state index in [0.29, 0.717) is 18.9 Å². The van der Waals surface area contributed by atoms with Crippen molar-refractivity contribution in [1.82, 2.24) is 5.06 Å². The number of hydrogen-bond acceptors (Lipinski definition) is 6. The summed E-state index contributed by atoms with van der Waals surface area (Å²) < 4.78 is 11.9. The molecule has 2 fully saturated rings. The summed E-state index contributed by atoms with van der Waals surface area (Å²) in [4.78, 5) is 31.8. The molecule has 1 heterocycles. The zero-order valence-corrected chi connectivity index (χ0v) is 29.2. The molecule has 0 aromatic carbocycles. The van der Waals surface area contributed by atoms with Gasteiger partial charge in [-0.3, -0.25) is 14.4 Å². The smallest absolute Gasteiger partial charge is 0.306 e. The van der Waals surface area contributed by atoms with E-state index in [1.165, 1.54) is 19.3 Å². The molecule has 1 saturated heterocycles. The quantitative estimate of drug-likeness (QED) is 0.139. The van der Waals surface area contributed by atoms with Gasteiger partial charge in [-0.15, -0.1) is 0 Å². The number of unbranched alkanes of at least 4 members (excludes halogenated alkanes) is 5. The largest absolute Gasteiger partial charge is 0.462 e. The Morgan fingerprint density at radius 2 is 1.14 bits per heavy atom. The van der Waals surface area contributed by atoms with E-state index >= 15 is 0 Å². The predicted molar refractivity (Wildman–Crippen MR) is 172 cm³/mol. The lowest BCUT2D eigenvalue weighted by molar-refractivity contribution is -0.318. The second-order valence-electron chi connectivity index (χ2n) is 17.1. The first kappa shape index (κ1) is 37.0. The van der Waals surface area contributed by atoms with Gasteiger partial charge in [0.1, 0.15) is 12.2 Å². The van der Waals surface area contributed by atoms with Crippen LogP contribution < -0.4 is 0 Å². The van der Waals surface area contributed by atoms with E-state index in [1.807, 2.05) is 0 Å². The molecule has 0 atom stereocenters. The minimum absolute atomic E-state index is 0.0168. The van der Waals surface area contributed by atoms with Crippen molar-refractivity contribution in [3.05, 3.63) is 0 Å². The molecule has 1 saturated carbocycles. The first-order chi connectivity index (χ1) is 19.4. The van der Waals surface area contributed by atoms with Gasteiger partial charge in [0.2, 0.25) is 0 Å². The molecule has 42 heavy (non-hydrogen) atoms. The van der Waals surface area contributed by atoms with Gasteiger partial charge in [-0.25, -0.2) is 0 Å². The molecule has 2 rings (SSSR count). The van der Waals surface area contributed by atoms with Crippen molar-refractivity contribution in [3.8, 4) is 0 Å². The van der Waals surface area contributed by atoms with Gasteiger partial charge >= 0.3 is 11.9 Å². The van der Waals surface area contributed by atoms with E-state index in [0.717, 1.165) is 77.0 Å². The van der Waals surface area contributed by atoms with Crippen LogP contribution in [0.3, 0.4) is 0 Å². The van der Waals surface area contributed by atoms with Crippen molar-refractivity contribution in [2.24, 2.45) is 10.8 Å². The van der Waals surface area contributed by atoms with Gasteiger partial charge in [0.05, 0.1) is 6.10 Å². The van der Waals surface area contributed by atoms with Crippen LogP contribution in [0.5, 0.6) is 0 Å². The highest BCUT2D eigenvalue weighted by Gasteiger charge is 2.48. The molecule has 2 aliphatic rings. The maximum absolute atomic E-state index is 12.7. The van der Waals surface area contributed by atoms with Gasteiger partial charge in [0.15, 0.2) is 0 Å². The van der Waals surface area contributed by atoms with E-state index in [4.69, 9.17) is 14.3 Å². The Morgan fingerprint density at radius 3 is 1.62 bits per heavy atom. The zero-order chi connectivity index (χ0) is 31.6. The molecule has 0 radical (unpaired) electrons. The fourth-order valence-corrected chi connectivity index (χ4v) is 7.12. The fraction of sp³-hybridized carbons (Fsp3) is 0.944. The standard InChI is InChI=1S/C36H67NO5/c1-33(2,3)24-29(25-34(4,5)6)40-31(38)22-18-13-11-12-14-19-23-32(39)41-30-26-35(7,8)37(36(9,10)27-30)42-28-20-16-15-17-21-28/h28-30H,11-27H2,1-10H3. The van der Waals surface area contributed by atoms with Gasteiger partial charge < -0.3 is 9.47 Å². The van der Waals surface area contributed by atoms with Gasteiger partial charge in [-0.1, -0.05) is 86.5 Å². The highest BCUT2D eigenvalue weighted by molar-refractivity contribution is 5.69. The number of hydroxylamine groups is 2. The van der Waals surface area contributed by atoms with E-state index in [2.05, 4.69) is 74.3 Å².